The summed E-state index contributed by atoms with van der Waals surface area (Å²) in [6.45, 7) is 2.21. The highest BCUT2D eigenvalue weighted by atomic mass is 79.9. The Hall–Kier alpha value is -0.980. The summed E-state index contributed by atoms with van der Waals surface area (Å²) in [4.78, 5) is 0. The largest absolute Gasteiger partial charge is 0.481 e. The van der Waals surface area contributed by atoms with Crippen LogP contribution in [-0.2, 0) is 6.54 Å². The van der Waals surface area contributed by atoms with Crippen LogP contribution in [0.25, 0.3) is 0 Å². The Balaban J connectivity index is 1.73. The molecule has 1 aliphatic carbocycles. The van der Waals surface area contributed by atoms with Crippen molar-refractivity contribution in [2.24, 2.45) is 5.92 Å². The van der Waals surface area contributed by atoms with Gasteiger partial charge in [0.2, 0.25) is 0 Å². The monoisotopic (exact) mass is 349 g/mol. The molecule has 2 nitrogen and oxygen atoms in total. The number of halogens is 1. The highest BCUT2D eigenvalue weighted by Crippen LogP contribution is 2.28. The number of terminal acetylenes is 1. The Kier molecular flexibility index (Phi) is 7.12. The third-order valence-corrected chi connectivity index (χ3v) is 4.58. The summed E-state index contributed by atoms with van der Waals surface area (Å²) in [6.07, 6.45) is 13.6. The molecule has 1 aromatic rings. The minimum atomic E-state index is 0.316. The van der Waals surface area contributed by atoms with Crippen molar-refractivity contribution in [2.75, 3.05) is 13.2 Å². The van der Waals surface area contributed by atoms with Crippen LogP contribution in [0.5, 0.6) is 5.75 Å². The lowest BCUT2D eigenvalue weighted by molar-refractivity contribution is 0.364. The quantitative estimate of drug-likeness (QED) is 0.550. The molecule has 0 spiro atoms. The van der Waals surface area contributed by atoms with Gasteiger partial charge in [-0.05, 0) is 43.5 Å². The number of nitrogens with one attached hydrogen (secondary N) is 1. The van der Waals surface area contributed by atoms with Crippen LogP contribution in [0.2, 0.25) is 0 Å². The number of hydrogen-bond acceptors (Lipinski definition) is 2. The molecular formula is C18H24BrNO. The van der Waals surface area contributed by atoms with Gasteiger partial charge in [-0.3, -0.25) is 0 Å². The van der Waals surface area contributed by atoms with E-state index in [1.165, 1.54) is 38.5 Å². The van der Waals surface area contributed by atoms with E-state index in [1.807, 2.05) is 12.1 Å². The average molecular weight is 350 g/mol. The van der Waals surface area contributed by atoms with Gasteiger partial charge in [-0.1, -0.05) is 47.5 Å². The van der Waals surface area contributed by atoms with E-state index < -0.39 is 0 Å². The maximum Gasteiger partial charge on any atom is 0.148 e. The van der Waals surface area contributed by atoms with E-state index in [4.69, 9.17) is 11.2 Å². The molecule has 21 heavy (non-hydrogen) atoms. The van der Waals surface area contributed by atoms with E-state index in [2.05, 4.69) is 33.2 Å². The van der Waals surface area contributed by atoms with Gasteiger partial charge in [0.05, 0.1) is 0 Å². The predicted molar refractivity (Wildman–Crippen MR) is 91.4 cm³/mol. The fraction of sp³-hybridized carbons (Fsp3) is 0.556. The number of ether oxygens (including phenoxy) is 1. The van der Waals surface area contributed by atoms with Gasteiger partial charge >= 0.3 is 0 Å². The van der Waals surface area contributed by atoms with Crippen molar-refractivity contribution in [1.82, 2.24) is 5.32 Å². The predicted octanol–water partition coefficient (Wildman–Crippen LogP) is 4.52. The first-order valence-electron chi connectivity index (χ1n) is 7.85. The molecule has 1 fully saturated rings. The molecule has 1 aromatic carbocycles. The second-order valence-electron chi connectivity index (χ2n) is 5.71. The van der Waals surface area contributed by atoms with Gasteiger partial charge in [0.25, 0.3) is 0 Å². The first-order chi connectivity index (χ1) is 10.3. The molecule has 1 saturated carbocycles. The molecular weight excluding hydrogens is 326 g/mol. The molecule has 0 unspecified atom stereocenters. The van der Waals surface area contributed by atoms with Crippen molar-refractivity contribution in [2.45, 2.75) is 45.1 Å². The lowest BCUT2D eigenvalue weighted by atomic mass is 10.0. The van der Waals surface area contributed by atoms with Crippen molar-refractivity contribution in [3.63, 3.8) is 0 Å². The highest BCUT2D eigenvalue weighted by molar-refractivity contribution is 9.10. The zero-order valence-corrected chi connectivity index (χ0v) is 14.1. The lowest BCUT2D eigenvalue weighted by Crippen LogP contribution is -2.16. The molecule has 0 atom stereocenters. The summed E-state index contributed by atoms with van der Waals surface area (Å²) in [6, 6.07) is 6.04. The van der Waals surface area contributed by atoms with E-state index in [1.54, 1.807) is 0 Å². The molecule has 114 valence electrons. The van der Waals surface area contributed by atoms with Crippen molar-refractivity contribution < 1.29 is 4.74 Å². The fourth-order valence-corrected chi connectivity index (χ4v) is 3.39. The van der Waals surface area contributed by atoms with Gasteiger partial charge in [-0.2, -0.15) is 0 Å². The molecule has 3 heteroatoms. The van der Waals surface area contributed by atoms with Crippen molar-refractivity contribution >= 4 is 15.9 Å². The topological polar surface area (TPSA) is 21.3 Å². The second-order valence-corrected chi connectivity index (χ2v) is 6.63. The van der Waals surface area contributed by atoms with Gasteiger partial charge < -0.3 is 10.1 Å². The first kappa shape index (κ1) is 16.4. The molecule has 1 aliphatic rings. The summed E-state index contributed by atoms with van der Waals surface area (Å²) in [5, 5.41) is 3.52. The second kappa shape index (κ2) is 9.12. The minimum Gasteiger partial charge on any atom is -0.481 e. The van der Waals surface area contributed by atoms with Crippen molar-refractivity contribution in [1.29, 1.82) is 0 Å². The average Bonchev–Trinajstić information content (AvgIpc) is 2.99. The van der Waals surface area contributed by atoms with Crippen LogP contribution in [0.3, 0.4) is 0 Å². The Morgan fingerprint density at radius 2 is 2.14 bits per heavy atom. The van der Waals surface area contributed by atoms with Crippen LogP contribution < -0.4 is 10.1 Å². The van der Waals surface area contributed by atoms with E-state index in [-0.39, 0.29) is 0 Å². The van der Waals surface area contributed by atoms with Crippen molar-refractivity contribution in [3.05, 3.63) is 28.2 Å². The van der Waals surface area contributed by atoms with Gasteiger partial charge in [-0.25, -0.2) is 0 Å². The number of hydrogen-bond donors (Lipinski definition) is 1. The Morgan fingerprint density at radius 3 is 2.90 bits per heavy atom. The zero-order chi connectivity index (χ0) is 14.9. The summed E-state index contributed by atoms with van der Waals surface area (Å²) < 4.78 is 6.65. The molecule has 0 amide bonds. The van der Waals surface area contributed by atoms with Crippen LogP contribution in [0.15, 0.2) is 22.7 Å². The van der Waals surface area contributed by atoms with Crippen LogP contribution in [-0.4, -0.2) is 13.2 Å². The molecule has 0 aliphatic heterocycles. The summed E-state index contributed by atoms with van der Waals surface area (Å²) in [5.74, 6) is 4.36. The summed E-state index contributed by atoms with van der Waals surface area (Å²) in [7, 11) is 0. The summed E-state index contributed by atoms with van der Waals surface area (Å²) in [5.41, 5.74) is 1.15. The third kappa shape index (κ3) is 5.73. The maximum atomic E-state index is 5.58. The van der Waals surface area contributed by atoms with E-state index >= 15 is 0 Å². The zero-order valence-electron chi connectivity index (χ0n) is 12.5. The molecule has 2 rings (SSSR count). The van der Waals surface area contributed by atoms with Gasteiger partial charge in [0.15, 0.2) is 0 Å². The lowest BCUT2D eigenvalue weighted by Gasteiger charge is -2.12. The summed E-state index contributed by atoms with van der Waals surface area (Å²) >= 11 is 3.51. The van der Waals surface area contributed by atoms with Gasteiger partial charge in [-0.15, -0.1) is 6.42 Å². The van der Waals surface area contributed by atoms with Crippen LogP contribution in [0, 0.1) is 18.3 Å². The molecule has 0 aromatic heterocycles. The Morgan fingerprint density at radius 1 is 1.33 bits per heavy atom. The normalized spacial score (nSPS) is 15.0. The van der Waals surface area contributed by atoms with E-state index in [0.717, 1.165) is 34.8 Å². The minimum absolute atomic E-state index is 0.316. The van der Waals surface area contributed by atoms with Crippen LogP contribution in [0.1, 0.15) is 44.1 Å². The first-order valence-corrected chi connectivity index (χ1v) is 8.64. The highest BCUT2D eigenvalue weighted by Gasteiger charge is 2.13. The Bertz CT molecular complexity index is 475. The standard InChI is InChI=1S/C18H24BrNO/c1-2-12-21-18-10-9-17(19)13-16(18)14-20-11-5-8-15-6-3-4-7-15/h1,9-10,13,15,20H,3-8,11-12,14H2. The smallest absolute Gasteiger partial charge is 0.148 e. The molecule has 0 saturated heterocycles. The van der Waals surface area contributed by atoms with Crippen molar-refractivity contribution in [3.8, 4) is 18.1 Å². The number of benzene rings is 1. The van der Waals surface area contributed by atoms with E-state index in [0.29, 0.717) is 6.61 Å². The fourth-order valence-electron chi connectivity index (χ4n) is 2.98. The molecule has 0 bridgehead atoms. The molecule has 1 N–H and O–H groups in total. The maximum absolute atomic E-state index is 5.58. The van der Waals surface area contributed by atoms with E-state index in [9.17, 15) is 0 Å². The van der Waals surface area contributed by atoms with Crippen LogP contribution in [0.4, 0.5) is 0 Å². The number of rotatable bonds is 8. The molecule has 0 radical (unpaired) electrons. The third-order valence-electron chi connectivity index (χ3n) is 4.09. The van der Waals surface area contributed by atoms with Crippen LogP contribution >= 0.6 is 15.9 Å². The molecule has 0 heterocycles. The van der Waals surface area contributed by atoms with Gasteiger partial charge in [0.1, 0.15) is 12.4 Å². The van der Waals surface area contributed by atoms with Gasteiger partial charge in [0, 0.05) is 16.6 Å². The SMILES string of the molecule is C#CCOc1ccc(Br)cc1CNCCCC1CCCC1. The Labute approximate surface area is 136 Å².